The highest BCUT2D eigenvalue weighted by atomic mass is 35.5. The Bertz CT molecular complexity index is 757. The molecule has 1 aromatic carbocycles. The van der Waals surface area contributed by atoms with Crippen molar-refractivity contribution in [3.8, 4) is 17.4 Å². The number of amides is 1. The zero-order valence-corrected chi connectivity index (χ0v) is 14.5. The number of aromatic nitrogens is 1. The van der Waals surface area contributed by atoms with E-state index in [1.54, 1.807) is 18.3 Å². The highest BCUT2D eigenvalue weighted by Gasteiger charge is 2.07. The summed E-state index contributed by atoms with van der Waals surface area (Å²) in [5.41, 5.74) is 1.91. The van der Waals surface area contributed by atoms with Crippen molar-refractivity contribution in [3.05, 3.63) is 52.7 Å². The lowest BCUT2D eigenvalue weighted by Gasteiger charge is -2.13. The number of carbonyl (C=O) groups excluding carboxylic acids is 1. The minimum Gasteiger partial charge on any atom is -0.508 e. The summed E-state index contributed by atoms with van der Waals surface area (Å²) >= 11 is 6.00. The maximum absolute atomic E-state index is 11.1. The van der Waals surface area contributed by atoms with Crippen LogP contribution >= 0.6 is 11.6 Å². The third kappa shape index (κ3) is 4.99. The molecule has 24 heavy (non-hydrogen) atoms. The zero-order valence-electron chi connectivity index (χ0n) is 13.7. The molecule has 2 N–H and O–H groups in total. The molecule has 0 radical (unpaired) electrons. The third-order valence-electron chi connectivity index (χ3n) is 3.39. The van der Waals surface area contributed by atoms with Crippen LogP contribution in [0.4, 0.5) is 0 Å². The van der Waals surface area contributed by atoms with Gasteiger partial charge >= 0.3 is 0 Å². The van der Waals surface area contributed by atoms with Crippen LogP contribution in [0, 0.1) is 0 Å². The molecule has 5 nitrogen and oxygen atoms in total. The van der Waals surface area contributed by atoms with Crippen LogP contribution in [-0.2, 0) is 4.79 Å². The number of ether oxygens (including phenoxy) is 1. The summed E-state index contributed by atoms with van der Waals surface area (Å²) in [7, 11) is 0. The molecule has 0 bridgehead atoms. The maximum Gasteiger partial charge on any atom is 0.219 e. The van der Waals surface area contributed by atoms with E-state index < -0.39 is 0 Å². The zero-order chi connectivity index (χ0) is 17.7. The van der Waals surface area contributed by atoms with Crippen molar-refractivity contribution in [1.82, 2.24) is 10.3 Å². The molecule has 2 aromatic rings. The molecule has 1 aromatic heterocycles. The summed E-state index contributed by atoms with van der Waals surface area (Å²) in [4.78, 5) is 15.3. The van der Waals surface area contributed by atoms with Gasteiger partial charge in [-0.25, -0.2) is 4.98 Å². The number of pyridine rings is 1. The average molecular weight is 347 g/mol. The molecule has 0 aliphatic carbocycles. The molecule has 0 aliphatic heterocycles. The number of carbonyl (C=O) groups is 1. The first-order chi connectivity index (χ1) is 11.3. The van der Waals surface area contributed by atoms with E-state index in [9.17, 15) is 9.90 Å². The number of aromatic hydroxyl groups is 1. The number of benzene rings is 1. The van der Waals surface area contributed by atoms with Crippen molar-refractivity contribution in [2.75, 3.05) is 0 Å². The van der Waals surface area contributed by atoms with Gasteiger partial charge in [0.15, 0.2) is 0 Å². The predicted octanol–water partition coefficient (Wildman–Crippen LogP) is 4.16. The molecule has 1 amide bonds. The van der Waals surface area contributed by atoms with Crippen molar-refractivity contribution in [2.24, 2.45) is 0 Å². The summed E-state index contributed by atoms with van der Waals surface area (Å²) in [6.45, 7) is 5.36. The number of phenols is 1. The summed E-state index contributed by atoms with van der Waals surface area (Å²) in [5, 5.41) is 12.5. The van der Waals surface area contributed by atoms with Gasteiger partial charge in [0.25, 0.3) is 0 Å². The minimum atomic E-state index is -0.0668. The second-order valence-corrected chi connectivity index (χ2v) is 5.86. The summed E-state index contributed by atoms with van der Waals surface area (Å²) < 4.78 is 5.59. The number of halogens is 1. The van der Waals surface area contributed by atoms with E-state index in [1.807, 2.05) is 26.0 Å². The summed E-state index contributed by atoms with van der Waals surface area (Å²) in [5.74, 6) is 0.820. The van der Waals surface area contributed by atoms with E-state index in [2.05, 4.69) is 10.3 Å². The minimum absolute atomic E-state index is 0.0470. The molecular weight excluding hydrogens is 328 g/mol. The van der Waals surface area contributed by atoms with E-state index in [0.29, 0.717) is 16.7 Å². The van der Waals surface area contributed by atoms with Gasteiger partial charge in [0.05, 0.1) is 5.02 Å². The molecule has 1 unspecified atom stereocenters. The molecule has 0 spiro atoms. The quantitative estimate of drug-likeness (QED) is 0.852. The van der Waals surface area contributed by atoms with Crippen molar-refractivity contribution in [1.29, 1.82) is 0 Å². The lowest BCUT2D eigenvalue weighted by Crippen LogP contribution is -2.31. The first kappa shape index (κ1) is 17.8. The first-order valence-corrected chi connectivity index (χ1v) is 7.80. The fourth-order valence-electron chi connectivity index (χ4n) is 2.03. The molecule has 1 atom stereocenters. The van der Waals surface area contributed by atoms with E-state index in [-0.39, 0.29) is 17.7 Å². The number of nitrogens with one attached hydrogen (secondary N) is 1. The van der Waals surface area contributed by atoms with Crippen LogP contribution in [0.2, 0.25) is 5.02 Å². The van der Waals surface area contributed by atoms with Gasteiger partial charge in [0.1, 0.15) is 11.5 Å². The van der Waals surface area contributed by atoms with Gasteiger partial charge in [0.2, 0.25) is 11.8 Å². The van der Waals surface area contributed by atoms with Crippen LogP contribution in [0.3, 0.4) is 0 Å². The van der Waals surface area contributed by atoms with Crippen LogP contribution in [-0.4, -0.2) is 22.0 Å². The number of nitrogens with zero attached hydrogens (tertiary/aromatic N) is 1. The second kappa shape index (κ2) is 7.84. The molecule has 1 heterocycles. The Morgan fingerprint density at radius 1 is 1.33 bits per heavy atom. The average Bonchev–Trinajstić information content (AvgIpc) is 2.51. The third-order valence-corrected chi connectivity index (χ3v) is 3.68. The molecule has 0 saturated heterocycles. The van der Waals surface area contributed by atoms with Crippen molar-refractivity contribution >= 4 is 23.6 Å². The van der Waals surface area contributed by atoms with E-state index in [0.717, 1.165) is 11.1 Å². The molecule has 0 aliphatic rings. The molecule has 2 rings (SSSR count). The van der Waals surface area contributed by atoms with Gasteiger partial charge in [-0.3, -0.25) is 4.79 Å². The van der Waals surface area contributed by atoms with E-state index in [1.165, 1.54) is 19.1 Å². The van der Waals surface area contributed by atoms with Gasteiger partial charge in [0, 0.05) is 31.3 Å². The van der Waals surface area contributed by atoms with Crippen LogP contribution in [0.1, 0.15) is 26.3 Å². The molecule has 0 fully saturated rings. The molecule has 126 valence electrons. The smallest absolute Gasteiger partial charge is 0.219 e. The van der Waals surface area contributed by atoms with Crippen molar-refractivity contribution < 1.29 is 14.6 Å². The van der Waals surface area contributed by atoms with Gasteiger partial charge in [-0.05, 0) is 37.6 Å². The summed E-state index contributed by atoms with van der Waals surface area (Å²) in [6.07, 6.45) is 3.62. The Kier molecular flexibility index (Phi) is 5.82. The van der Waals surface area contributed by atoms with Gasteiger partial charge in [-0.15, -0.1) is 0 Å². The van der Waals surface area contributed by atoms with E-state index in [4.69, 9.17) is 16.3 Å². The Morgan fingerprint density at radius 3 is 2.67 bits per heavy atom. The fourth-order valence-corrected chi connectivity index (χ4v) is 2.24. The first-order valence-electron chi connectivity index (χ1n) is 7.43. The maximum atomic E-state index is 11.1. The van der Waals surface area contributed by atoms with Gasteiger partial charge in [-0.2, -0.15) is 0 Å². The number of hydrogen-bond acceptors (Lipinski definition) is 4. The Hall–Kier alpha value is -2.53. The molecule has 0 saturated carbocycles. The van der Waals surface area contributed by atoms with Crippen molar-refractivity contribution in [2.45, 2.75) is 26.8 Å². The van der Waals surface area contributed by atoms with Crippen molar-refractivity contribution in [3.63, 3.8) is 0 Å². The topological polar surface area (TPSA) is 71.5 Å². The number of phenolic OH excluding ortho intramolecular Hbond substituents is 1. The van der Waals surface area contributed by atoms with Crippen LogP contribution in [0.15, 0.2) is 42.1 Å². The van der Waals surface area contributed by atoms with Gasteiger partial charge in [-0.1, -0.05) is 23.3 Å². The molecule has 6 heteroatoms. The van der Waals surface area contributed by atoms with E-state index >= 15 is 0 Å². The Balaban J connectivity index is 2.08. The Morgan fingerprint density at radius 2 is 2.08 bits per heavy atom. The highest BCUT2D eigenvalue weighted by Crippen LogP contribution is 2.31. The van der Waals surface area contributed by atoms with Gasteiger partial charge < -0.3 is 15.2 Å². The number of hydrogen-bond donors (Lipinski definition) is 2. The van der Waals surface area contributed by atoms with Crippen LogP contribution in [0.25, 0.3) is 6.08 Å². The second-order valence-electron chi connectivity index (χ2n) is 5.46. The lowest BCUT2D eigenvalue weighted by atomic mass is 10.1. The fraction of sp³-hybridized carbons (Fsp3) is 0.222. The largest absolute Gasteiger partial charge is 0.508 e. The number of rotatable bonds is 5. The highest BCUT2D eigenvalue weighted by molar-refractivity contribution is 6.32. The lowest BCUT2D eigenvalue weighted by molar-refractivity contribution is -0.119. The monoisotopic (exact) mass is 346 g/mol. The predicted molar refractivity (Wildman–Crippen MR) is 94.4 cm³/mol. The summed E-state index contributed by atoms with van der Waals surface area (Å²) in [6, 6.07) is 8.01. The normalized spacial score (nSPS) is 12.6. The standard InChI is InChI=1S/C18H19ClN2O3/c1-11(12(2)21-13(3)22)8-14-4-7-18(20-10-14)24-17-6-5-15(23)9-16(17)19/h4-10,12,23H,1-3H3,(H,21,22)/b11-8+. The molecular formula is C18H19ClN2O3. The SMILES string of the molecule is CC(=O)NC(C)/C(C)=C/c1ccc(Oc2ccc(O)cc2Cl)nc1. The Labute approximate surface area is 145 Å². The van der Waals surface area contributed by atoms with Crippen LogP contribution in [0.5, 0.6) is 17.4 Å². The van der Waals surface area contributed by atoms with Crippen LogP contribution < -0.4 is 10.1 Å².